The normalized spacial score (nSPS) is 11.0. The molecular formula is C18H20ClN3O2S. The van der Waals surface area contributed by atoms with E-state index in [0.29, 0.717) is 28.8 Å². The van der Waals surface area contributed by atoms with E-state index in [1.54, 1.807) is 11.9 Å². The lowest BCUT2D eigenvalue weighted by atomic mass is 10.3. The summed E-state index contributed by atoms with van der Waals surface area (Å²) in [6.07, 6.45) is 0. The van der Waals surface area contributed by atoms with Gasteiger partial charge in [-0.2, -0.15) is 0 Å². The molecule has 0 aliphatic rings. The van der Waals surface area contributed by atoms with Gasteiger partial charge in [-0.3, -0.25) is 4.79 Å². The average Bonchev–Trinajstić information content (AvgIpc) is 3.18. The SMILES string of the molecule is CCOc1ccsc1C(=O)N(C)Cc1nc2ccc(Cl)cc2n1CC. The number of hydrogen-bond donors (Lipinski definition) is 0. The van der Waals surface area contributed by atoms with E-state index in [2.05, 4.69) is 16.5 Å². The lowest BCUT2D eigenvalue weighted by molar-refractivity contribution is 0.0781. The molecule has 0 radical (unpaired) electrons. The van der Waals surface area contributed by atoms with Crippen LogP contribution in [0, 0.1) is 0 Å². The van der Waals surface area contributed by atoms with E-state index in [0.717, 1.165) is 23.4 Å². The predicted molar refractivity (Wildman–Crippen MR) is 102 cm³/mol. The maximum Gasteiger partial charge on any atom is 0.267 e. The second-order valence-electron chi connectivity index (χ2n) is 5.61. The fourth-order valence-electron chi connectivity index (χ4n) is 2.80. The lowest BCUT2D eigenvalue weighted by Crippen LogP contribution is -2.27. The Morgan fingerprint density at radius 2 is 2.16 bits per heavy atom. The molecule has 0 saturated carbocycles. The Bertz CT molecular complexity index is 903. The van der Waals surface area contributed by atoms with Gasteiger partial charge in [0.05, 0.1) is 24.2 Å². The molecule has 5 nitrogen and oxygen atoms in total. The quantitative estimate of drug-likeness (QED) is 0.638. The maximum atomic E-state index is 12.8. The number of carbonyl (C=O) groups excluding carboxylic acids is 1. The fourth-order valence-corrected chi connectivity index (χ4v) is 3.79. The van der Waals surface area contributed by atoms with E-state index in [1.807, 2.05) is 36.6 Å². The van der Waals surface area contributed by atoms with Gasteiger partial charge in [-0.25, -0.2) is 4.98 Å². The lowest BCUT2D eigenvalue weighted by Gasteiger charge is -2.17. The molecule has 1 aromatic carbocycles. The highest BCUT2D eigenvalue weighted by Gasteiger charge is 2.21. The number of halogens is 1. The van der Waals surface area contributed by atoms with Crippen molar-refractivity contribution in [2.45, 2.75) is 26.9 Å². The molecule has 0 spiro atoms. The summed E-state index contributed by atoms with van der Waals surface area (Å²) < 4.78 is 7.62. The number of hydrogen-bond acceptors (Lipinski definition) is 4. The Morgan fingerprint density at radius 1 is 1.36 bits per heavy atom. The molecule has 25 heavy (non-hydrogen) atoms. The number of aromatic nitrogens is 2. The van der Waals surface area contributed by atoms with Gasteiger partial charge in [0.15, 0.2) is 0 Å². The highest BCUT2D eigenvalue weighted by Crippen LogP contribution is 2.27. The van der Waals surface area contributed by atoms with Crippen LogP contribution in [0.25, 0.3) is 11.0 Å². The van der Waals surface area contributed by atoms with Gasteiger partial charge >= 0.3 is 0 Å². The van der Waals surface area contributed by atoms with Gasteiger partial charge < -0.3 is 14.2 Å². The minimum Gasteiger partial charge on any atom is -0.492 e. The zero-order valence-electron chi connectivity index (χ0n) is 14.5. The molecule has 2 heterocycles. The van der Waals surface area contributed by atoms with Crippen LogP contribution in [-0.4, -0.2) is 34.0 Å². The number of aryl methyl sites for hydroxylation is 1. The van der Waals surface area contributed by atoms with Crippen LogP contribution in [0.4, 0.5) is 0 Å². The van der Waals surface area contributed by atoms with E-state index in [9.17, 15) is 4.79 Å². The van der Waals surface area contributed by atoms with Crippen LogP contribution in [0.3, 0.4) is 0 Å². The third kappa shape index (κ3) is 3.50. The second kappa shape index (κ2) is 7.45. The molecule has 0 fully saturated rings. The number of amides is 1. The molecule has 132 valence electrons. The van der Waals surface area contributed by atoms with Gasteiger partial charge in [-0.15, -0.1) is 11.3 Å². The number of thiophene rings is 1. The fraction of sp³-hybridized carbons (Fsp3) is 0.333. The summed E-state index contributed by atoms with van der Waals surface area (Å²) >= 11 is 7.50. The van der Waals surface area contributed by atoms with Crippen molar-refractivity contribution in [3.8, 4) is 5.75 Å². The van der Waals surface area contributed by atoms with Gasteiger partial charge in [-0.1, -0.05) is 11.6 Å². The largest absolute Gasteiger partial charge is 0.492 e. The summed E-state index contributed by atoms with van der Waals surface area (Å²) in [4.78, 5) is 19.7. The van der Waals surface area contributed by atoms with Crippen molar-refractivity contribution in [1.82, 2.24) is 14.5 Å². The zero-order valence-corrected chi connectivity index (χ0v) is 16.0. The van der Waals surface area contributed by atoms with Gasteiger partial charge in [-0.05, 0) is 43.5 Å². The summed E-state index contributed by atoms with van der Waals surface area (Å²) in [5.41, 5.74) is 1.87. The summed E-state index contributed by atoms with van der Waals surface area (Å²) in [7, 11) is 1.78. The Kier molecular flexibility index (Phi) is 5.30. The van der Waals surface area contributed by atoms with Crippen molar-refractivity contribution >= 4 is 39.9 Å². The Morgan fingerprint density at radius 3 is 2.88 bits per heavy atom. The number of rotatable bonds is 6. The zero-order chi connectivity index (χ0) is 18.0. The molecule has 1 amide bonds. The standard InChI is InChI=1S/C18H20ClN3O2S/c1-4-22-14-10-12(19)6-7-13(14)20-16(22)11-21(3)18(23)17-15(24-5-2)8-9-25-17/h6-10H,4-5,11H2,1-3H3. The molecule has 3 rings (SSSR count). The number of benzene rings is 1. The van der Waals surface area contributed by atoms with Crippen molar-refractivity contribution in [3.63, 3.8) is 0 Å². The smallest absolute Gasteiger partial charge is 0.267 e. The van der Waals surface area contributed by atoms with Gasteiger partial charge in [0.2, 0.25) is 0 Å². The first kappa shape index (κ1) is 17.8. The molecule has 0 atom stereocenters. The van der Waals surface area contributed by atoms with Crippen molar-refractivity contribution < 1.29 is 9.53 Å². The number of fused-ring (bicyclic) bond motifs is 1. The third-order valence-corrected chi connectivity index (χ3v) is 5.07. The molecule has 0 unspecified atom stereocenters. The topological polar surface area (TPSA) is 47.4 Å². The number of ether oxygens (including phenoxy) is 1. The molecule has 0 aliphatic heterocycles. The van der Waals surface area contributed by atoms with Crippen LogP contribution in [0.2, 0.25) is 5.02 Å². The second-order valence-corrected chi connectivity index (χ2v) is 6.97. The molecule has 2 aromatic heterocycles. The van der Waals surface area contributed by atoms with Gasteiger partial charge in [0, 0.05) is 18.6 Å². The molecule has 0 aliphatic carbocycles. The molecule has 3 aromatic rings. The van der Waals surface area contributed by atoms with Crippen LogP contribution in [0.1, 0.15) is 29.3 Å². The van der Waals surface area contributed by atoms with Gasteiger partial charge in [0.25, 0.3) is 5.91 Å². The van der Waals surface area contributed by atoms with E-state index >= 15 is 0 Å². The van der Waals surface area contributed by atoms with Crippen molar-refractivity contribution in [2.24, 2.45) is 0 Å². The number of carbonyl (C=O) groups is 1. The summed E-state index contributed by atoms with van der Waals surface area (Å²) in [6.45, 7) is 5.68. The summed E-state index contributed by atoms with van der Waals surface area (Å²) in [5, 5.41) is 2.55. The number of imidazole rings is 1. The highest BCUT2D eigenvalue weighted by atomic mass is 35.5. The van der Waals surface area contributed by atoms with Crippen molar-refractivity contribution in [3.05, 3.63) is 45.4 Å². The Balaban J connectivity index is 1.87. The first-order chi connectivity index (χ1) is 12.0. The molecule has 0 bridgehead atoms. The van der Waals surface area contributed by atoms with E-state index < -0.39 is 0 Å². The molecule has 0 saturated heterocycles. The van der Waals surface area contributed by atoms with Crippen LogP contribution in [0.15, 0.2) is 29.6 Å². The first-order valence-corrected chi connectivity index (χ1v) is 9.41. The summed E-state index contributed by atoms with van der Waals surface area (Å²) in [6, 6.07) is 7.47. The number of nitrogens with zero attached hydrogens (tertiary/aromatic N) is 3. The summed E-state index contributed by atoms with van der Waals surface area (Å²) in [5.74, 6) is 1.41. The predicted octanol–water partition coefficient (Wildman–Crippen LogP) is 4.44. The van der Waals surface area contributed by atoms with Crippen molar-refractivity contribution in [1.29, 1.82) is 0 Å². The third-order valence-electron chi connectivity index (χ3n) is 3.95. The molecular weight excluding hydrogens is 358 g/mol. The molecule has 0 N–H and O–H groups in total. The van der Waals surface area contributed by atoms with E-state index in [4.69, 9.17) is 16.3 Å². The van der Waals surface area contributed by atoms with Crippen LogP contribution in [-0.2, 0) is 13.1 Å². The minimum atomic E-state index is -0.0637. The Hall–Kier alpha value is -2.05. The Labute approximate surface area is 155 Å². The first-order valence-electron chi connectivity index (χ1n) is 8.15. The molecule has 7 heteroatoms. The highest BCUT2D eigenvalue weighted by molar-refractivity contribution is 7.12. The van der Waals surface area contributed by atoms with Crippen LogP contribution < -0.4 is 4.74 Å². The minimum absolute atomic E-state index is 0.0637. The van der Waals surface area contributed by atoms with Crippen molar-refractivity contribution in [2.75, 3.05) is 13.7 Å². The van der Waals surface area contributed by atoms with E-state index in [1.165, 1.54) is 11.3 Å². The van der Waals surface area contributed by atoms with Crippen LogP contribution in [0.5, 0.6) is 5.75 Å². The van der Waals surface area contributed by atoms with Gasteiger partial charge in [0.1, 0.15) is 16.5 Å². The van der Waals surface area contributed by atoms with Crippen LogP contribution >= 0.6 is 22.9 Å². The maximum absolute atomic E-state index is 12.8. The monoisotopic (exact) mass is 377 g/mol. The average molecular weight is 378 g/mol. The van der Waals surface area contributed by atoms with E-state index in [-0.39, 0.29) is 5.91 Å².